The van der Waals surface area contributed by atoms with Gasteiger partial charge in [-0.3, -0.25) is 4.79 Å². The smallest absolute Gasteiger partial charge is 0.356 e. The van der Waals surface area contributed by atoms with Crippen molar-refractivity contribution >= 4 is 24.3 Å². The number of rotatable bonds is 8. The normalized spacial score (nSPS) is 18.3. The van der Waals surface area contributed by atoms with E-state index < -0.39 is 5.97 Å². The molecule has 4 aromatic carbocycles. The molecule has 2 aromatic heterocycles. The van der Waals surface area contributed by atoms with Crippen molar-refractivity contribution in [3.05, 3.63) is 178 Å². The van der Waals surface area contributed by atoms with E-state index in [1.54, 1.807) is 19.2 Å². The molecule has 348 valence electrons. The average Bonchev–Trinajstić information content (AvgIpc) is 3.97. The molecule has 2 fully saturated rings. The van der Waals surface area contributed by atoms with E-state index in [4.69, 9.17) is 5.11 Å². The second kappa shape index (κ2) is 22.7. The van der Waals surface area contributed by atoms with Crippen molar-refractivity contribution in [1.29, 1.82) is 0 Å². The summed E-state index contributed by atoms with van der Waals surface area (Å²) in [6.07, 6.45) is 14.1. The van der Waals surface area contributed by atoms with E-state index in [0.29, 0.717) is 35.2 Å². The Hall–Kier alpha value is -5.65. The van der Waals surface area contributed by atoms with Gasteiger partial charge in [0, 0.05) is 63.3 Å². The largest absolute Gasteiger partial charge is 0.476 e. The third-order valence-electron chi connectivity index (χ3n) is 13.8. The Balaban J connectivity index is 0.000000162. The number of aryl methyl sites for hydroxylation is 4. The van der Waals surface area contributed by atoms with Crippen LogP contribution in [0.4, 0.5) is 8.78 Å². The number of aromatic nitrogens is 4. The molecule has 2 unspecified atom stereocenters. The van der Waals surface area contributed by atoms with E-state index in [1.807, 2.05) is 46.9 Å². The lowest BCUT2D eigenvalue weighted by atomic mass is 9.90. The van der Waals surface area contributed by atoms with Crippen LogP contribution >= 0.6 is 12.4 Å². The summed E-state index contributed by atoms with van der Waals surface area (Å²) in [4.78, 5) is 34.8. The molecule has 2 atom stereocenters. The number of carboxylic acid groups (broad SMARTS) is 1. The second-order valence-corrected chi connectivity index (χ2v) is 18.5. The molecule has 66 heavy (non-hydrogen) atoms. The number of nitrogens with zero attached hydrogens (tertiary/aromatic N) is 5. The van der Waals surface area contributed by atoms with Crippen LogP contribution in [-0.2, 0) is 38.8 Å². The minimum atomic E-state index is -0.999. The molecule has 0 saturated carbocycles. The van der Waals surface area contributed by atoms with Crippen LogP contribution in [0.2, 0.25) is 0 Å². The minimum absolute atomic E-state index is 0. The van der Waals surface area contributed by atoms with Crippen LogP contribution < -0.4 is 5.32 Å². The van der Waals surface area contributed by atoms with E-state index in [1.165, 1.54) is 49.5 Å². The molecule has 0 bridgehead atoms. The quantitative estimate of drug-likeness (QED) is 0.158. The van der Waals surface area contributed by atoms with Crippen molar-refractivity contribution in [1.82, 2.24) is 29.3 Å². The van der Waals surface area contributed by atoms with Crippen LogP contribution in [0.5, 0.6) is 0 Å². The minimum Gasteiger partial charge on any atom is -0.476 e. The molecular weight excluding hydrogens is 854 g/mol. The van der Waals surface area contributed by atoms with Gasteiger partial charge in [-0.1, -0.05) is 84.9 Å². The van der Waals surface area contributed by atoms with Crippen LogP contribution in [0, 0.1) is 37.3 Å². The van der Waals surface area contributed by atoms with Crippen molar-refractivity contribution in [3.8, 4) is 0 Å². The number of likely N-dealkylation sites (tertiary alicyclic amines) is 1. The number of fused-ring (bicyclic) bond motifs is 2. The Morgan fingerprint density at radius 1 is 0.636 bits per heavy atom. The summed E-state index contributed by atoms with van der Waals surface area (Å²) in [5.74, 6) is 2.65. The Bertz CT molecular complexity index is 2530. The maximum atomic E-state index is 13.6. The summed E-state index contributed by atoms with van der Waals surface area (Å²) >= 11 is 0. The monoisotopic (exact) mass is 916 g/mol. The Morgan fingerprint density at radius 2 is 1.09 bits per heavy atom. The number of carbonyl (C=O) groups is 2. The van der Waals surface area contributed by atoms with Gasteiger partial charge >= 0.3 is 5.97 Å². The Kier molecular flexibility index (Phi) is 16.6. The van der Waals surface area contributed by atoms with Gasteiger partial charge < -0.3 is 24.5 Å². The lowest BCUT2D eigenvalue weighted by Crippen LogP contribution is -2.39. The fourth-order valence-electron chi connectivity index (χ4n) is 9.96. The number of hydrogen-bond donors (Lipinski definition) is 2. The first-order chi connectivity index (χ1) is 31.6. The van der Waals surface area contributed by atoms with Crippen LogP contribution in [0.15, 0.2) is 109 Å². The summed E-state index contributed by atoms with van der Waals surface area (Å²) in [6.45, 7) is 9.07. The number of imidazole rings is 2. The highest BCUT2D eigenvalue weighted by Crippen LogP contribution is 2.32. The summed E-state index contributed by atoms with van der Waals surface area (Å²) < 4.78 is 31.0. The number of aromatic carboxylic acids is 1. The molecule has 1 amide bonds. The van der Waals surface area contributed by atoms with Gasteiger partial charge in [0.2, 0.25) is 0 Å². The summed E-state index contributed by atoms with van der Waals surface area (Å²) in [6, 6.07) is 32.0. The summed E-state index contributed by atoms with van der Waals surface area (Å²) in [5, 5.41) is 12.4. The Labute approximate surface area is 394 Å². The number of halogens is 3. The van der Waals surface area contributed by atoms with Gasteiger partial charge in [0.05, 0.1) is 0 Å². The molecule has 4 aliphatic rings. The zero-order valence-corrected chi connectivity index (χ0v) is 39.0. The van der Waals surface area contributed by atoms with Crippen molar-refractivity contribution in [2.24, 2.45) is 11.8 Å². The molecule has 2 N–H and O–H groups in total. The summed E-state index contributed by atoms with van der Waals surface area (Å²) in [5.41, 5.74) is 7.13. The first-order valence-electron chi connectivity index (χ1n) is 23.5. The van der Waals surface area contributed by atoms with E-state index >= 15 is 0 Å². The predicted octanol–water partition coefficient (Wildman–Crippen LogP) is 10.6. The van der Waals surface area contributed by atoms with Gasteiger partial charge in [-0.05, 0) is 136 Å². The van der Waals surface area contributed by atoms with Crippen molar-refractivity contribution in [2.75, 3.05) is 26.2 Å². The maximum absolute atomic E-state index is 13.6. The van der Waals surface area contributed by atoms with Crippen molar-refractivity contribution in [3.63, 3.8) is 0 Å². The van der Waals surface area contributed by atoms with Gasteiger partial charge in [0.15, 0.2) is 5.69 Å². The molecule has 2 saturated heterocycles. The standard InChI is InChI=1S/C27H30FN3O.C15H15FN2O2.C12H17N.ClH/c1-19-15-22(7-9-24(19)28)23-8-10-26-29-25(18-31(26)17-23)27(32)30-13-11-21(12-14-30)16-20-5-3-2-4-6-20;1-9-6-10(2-4-12(9)16)11-3-5-14-17-13(15(19)20)8-18(14)7-11;1-2-4-11(5-3-1)10-12-6-8-13-9-7-12;/h2-7,9,15,18,21,23H,8,10-14,16-17H2,1H3;2,4,6,8,11H,3,5,7H2,1H3,(H,19,20);1-5,12-13H,6-10H2;1H. The molecule has 6 heterocycles. The van der Waals surface area contributed by atoms with Crippen LogP contribution in [-0.4, -0.2) is 67.2 Å². The number of nitrogens with one attached hydrogen (secondary N) is 1. The van der Waals surface area contributed by atoms with E-state index in [-0.39, 0.29) is 41.6 Å². The fraction of sp³-hybridized carbons (Fsp3) is 0.407. The molecule has 0 spiro atoms. The maximum Gasteiger partial charge on any atom is 0.356 e. The number of amides is 1. The van der Waals surface area contributed by atoms with E-state index in [9.17, 15) is 18.4 Å². The molecule has 12 heteroatoms. The summed E-state index contributed by atoms with van der Waals surface area (Å²) in [7, 11) is 0. The topological polar surface area (TPSA) is 105 Å². The van der Waals surface area contributed by atoms with Crippen molar-refractivity contribution < 1.29 is 23.5 Å². The zero-order chi connectivity index (χ0) is 45.3. The van der Waals surface area contributed by atoms with Gasteiger partial charge in [0.25, 0.3) is 5.91 Å². The molecule has 0 radical (unpaired) electrons. The van der Waals surface area contributed by atoms with Crippen LogP contribution in [0.25, 0.3) is 0 Å². The molecule has 4 aliphatic heterocycles. The second-order valence-electron chi connectivity index (χ2n) is 18.5. The van der Waals surface area contributed by atoms with Gasteiger partial charge in [-0.2, -0.15) is 0 Å². The van der Waals surface area contributed by atoms with Crippen molar-refractivity contribution in [2.45, 2.75) is 103 Å². The van der Waals surface area contributed by atoms with E-state index in [2.05, 4.69) is 80.5 Å². The number of carbonyl (C=O) groups excluding carboxylic acids is 1. The lowest BCUT2D eigenvalue weighted by Gasteiger charge is -2.31. The van der Waals surface area contributed by atoms with Gasteiger partial charge in [0.1, 0.15) is 29.0 Å². The lowest BCUT2D eigenvalue weighted by molar-refractivity contribution is 0.0678. The molecule has 9 nitrogen and oxygen atoms in total. The number of benzene rings is 4. The zero-order valence-electron chi connectivity index (χ0n) is 38.2. The SMILES string of the molecule is Cc1cc(C2CCc3nc(C(=O)N4CCC(Cc5ccccc5)CC4)cn3C2)ccc1F.Cc1cc(C2CCc3nc(C(=O)O)cn3C2)ccc1F.Cl.c1ccc(CC2CCNCC2)cc1. The first-order valence-corrected chi connectivity index (χ1v) is 23.5. The molecule has 10 rings (SSSR count). The third-order valence-corrected chi connectivity index (χ3v) is 13.8. The highest BCUT2D eigenvalue weighted by atomic mass is 35.5. The predicted molar refractivity (Wildman–Crippen MR) is 258 cm³/mol. The molecule has 6 aromatic rings. The first kappa shape index (κ1) is 48.3. The number of hydrogen-bond acceptors (Lipinski definition) is 5. The van der Waals surface area contributed by atoms with Crippen LogP contribution in [0.1, 0.15) is 116 Å². The Morgan fingerprint density at radius 3 is 1.56 bits per heavy atom. The van der Waals surface area contributed by atoms with Crippen LogP contribution in [0.3, 0.4) is 0 Å². The number of carboxylic acids is 1. The highest BCUT2D eigenvalue weighted by molar-refractivity contribution is 5.92. The third kappa shape index (κ3) is 12.4. The molecular formula is C54H63ClF2N6O3. The number of piperidine rings is 2. The van der Waals surface area contributed by atoms with E-state index in [0.717, 1.165) is 93.3 Å². The van der Waals surface area contributed by atoms with Gasteiger partial charge in [-0.15, -0.1) is 12.4 Å². The highest BCUT2D eigenvalue weighted by Gasteiger charge is 2.29. The fourth-order valence-corrected chi connectivity index (χ4v) is 9.96. The average molecular weight is 918 g/mol. The van der Waals surface area contributed by atoms with Gasteiger partial charge in [-0.25, -0.2) is 23.5 Å². The molecule has 0 aliphatic carbocycles.